The van der Waals surface area contributed by atoms with Crippen LogP contribution in [0.25, 0.3) is 0 Å². The van der Waals surface area contributed by atoms with Gasteiger partial charge in [0, 0.05) is 38.3 Å². The van der Waals surface area contributed by atoms with Crippen molar-refractivity contribution in [2.45, 2.75) is 31.6 Å². The number of anilines is 3. The van der Waals surface area contributed by atoms with E-state index < -0.39 is 14.9 Å². The molecule has 1 aliphatic heterocycles. The second kappa shape index (κ2) is 10.6. The zero-order valence-electron chi connectivity index (χ0n) is 19.3. The molecule has 1 aromatic carbocycles. The van der Waals surface area contributed by atoms with Crippen LogP contribution in [-0.2, 0) is 10.0 Å². The summed E-state index contributed by atoms with van der Waals surface area (Å²) in [5.74, 6) is 0.846. The second-order valence-electron chi connectivity index (χ2n) is 7.42. The van der Waals surface area contributed by atoms with E-state index in [1.54, 1.807) is 13.8 Å². The Kier molecular flexibility index (Phi) is 7.83. The Morgan fingerprint density at radius 3 is 2.56 bits per heavy atom. The molecule has 0 bridgehead atoms. The van der Waals surface area contributed by atoms with Crippen LogP contribution >= 0.6 is 0 Å². The predicted octanol–water partition coefficient (Wildman–Crippen LogP) is 2.05. The minimum atomic E-state index is -4.00. The molecule has 0 radical (unpaired) electrons. The molecular formula is C20H28N8O5S. The van der Waals surface area contributed by atoms with E-state index in [1.165, 1.54) is 29.8 Å². The fourth-order valence-corrected chi connectivity index (χ4v) is 5.31. The van der Waals surface area contributed by atoms with Crippen molar-refractivity contribution in [3.8, 4) is 5.88 Å². The van der Waals surface area contributed by atoms with Crippen LogP contribution in [0.1, 0.15) is 32.3 Å². The van der Waals surface area contributed by atoms with Gasteiger partial charge in [0.15, 0.2) is 0 Å². The van der Waals surface area contributed by atoms with Gasteiger partial charge in [-0.25, -0.2) is 8.42 Å². The van der Waals surface area contributed by atoms with Gasteiger partial charge in [-0.2, -0.15) is 19.4 Å². The van der Waals surface area contributed by atoms with Crippen molar-refractivity contribution in [2.75, 3.05) is 49.3 Å². The van der Waals surface area contributed by atoms with Crippen LogP contribution in [0, 0.1) is 10.1 Å². The highest BCUT2D eigenvalue weighted by Crippen LogP contribution is 2.30. The summed E-state index contributed by atoms with van der Waals surface area (Å²) >= 11 is 0. The lowest BCUT2D eigenvalue weighted by Gasteiger charge is -2.20. The minimum absolute atomic E-state index is 0.0619. The predicted molar refractivity (Wildman–Crippen MR) is 129 cm³/mol. The lowest BCUT2D eigenvalue weighted by Crippen LogP contribution is -2.31. The highest BCUT2D eigenvalue weighted by Gasteiger charge is 2.27. The third kappa shape index (κ3) is 5.17. The first-order chi connectivity index (χ1) is 16.2. The van der Waals surface area contributed by atoms with E-state index in [0.717, 1.165) is 32.0 Å². The zero-order chi connectivity index (χ0) is 24.9. The Hall–Kier alpha value is -3.52. The average molecular weight is 493 g/mol. The molecule has 34 heavy (non-hydrogen) atoms. The van der Waals surface area contributed by atoms with Gasteiger partial charge in [-0.1, -0.05) is 13.8 Å². The van der Waals surface area contributed by atoms with E-state index in [-0.39, 0.29) is 41.2 Å². The van der Waals surface area contributed by atoms with E-state index >= 15 is 0 Å². The third-order valence-electron chi connectivity index (χ3n) is 5.38. The number of nitrogens with two attached hydrogens (primary N) is 1. The first-order valence-corrected chi connectivity index (χ1v) is 12.2. The van der Waals surface area contributed by atoms with E-state index in [4.69, 9.17) is 10.5 Å². The molecule has 0 aliphatic carbocycles. The second-order valence-corrected chi connectivity index (χ2v) is 9.33. The van der Waals surface area contributed by atoms with Gasteiger partial charge in [0.25, 0.3) is 5.69 Å². The summed E-state index contributed by atoms with van der Waals surface area (Å²) in [6.45, 7) is 5.39. The van der Waals surface area contributed by atoms with Crippen LogP contribution in [0.2, 0.25) is 0 Å². The first-order valence-electron chi connectivity index (χ1n) is 10.8. The van der Waals surface area contributed by atoms with E-state index in [9.17, 15) is 18.5 Å². The van der Waals surface area contributed by atoms with E-state index in [0.29, 0.717) is 11.4 Å². The Bertz CT molecular complexity index is 1180. The van der Waals surface area contributed by atoms with Crippen LogP contribution in [0.3, 0.4) is 0 Å². The number of benzene rings is 1. The van der Waals surface area contributed by atoms with Gasteiger partial charge < -0.3 is 15.4 Å². The number of sulfonamides is 1. The number of nitro benzene ring substituents is 1. The van der Waals surface area contributed by atoms with Gasteiger partial charge >= 0.3 is 0 Å². The van der Waals surface area contributed by atoms with E-state index in [2.05, 4.69) is 20.5 Å². The molecule has 1 fully saturated rings. The molecule has 2 heterocycles. The molecule has 3 N–H and O–H groups in total. The highest BCUT2D eigenvalue weighted by molar-refractivity contribution is 7.89. The van der Waals surface area contributed by atoms with Gasteiger partial charge in [-0.05, 0) is 18.9 Å². The molecule has 0 unspecified atom stereocenters. The molecule has 1 aliphatic rings. The van der Waals surface area contributed by atoms with Crippen molar-refractivity contribution in [3.63, 3.8) is 0 Å². The van der Waals surface area contributed by atoms with Crippen LogP contribution in [-0.4, -0.2) is 67.1 Å². The molecule has 13 nitrogen and oxygen atoms in total. The smallest absolute Gasteiger partial charge is 0.270 e. The number of ether oxygens (including phenoxy) is 1. The standard InChI is InChI=1S/C20H28N8O5S/c1-4-27(5-2)34(31,32)17-12-14(28(29)30)8-9-16(17)25-22-13-15-18(26-10-6-7-11-26)23-20(21)24-19(15)33-3/h8-9,12-13,25H,4-7,10-11H2,1-3H3,(H2,21,23,24)/b22-13+. The maximum atomic E-state index is 13.1. The van der Waals surface area contributed by atoms with Crippen molar-refractivity contribution in [2.24, 2.45) is 5.10 Å². The number of hydrogen-bond donors (Lipinski definition) is 2. The maximum Gasteiger partial charge on any atom is 0.270 e. The molecule has 184 valence electrons. The van der Waals surface area contributed by atoms with Crippen molar-refractivity contribution in [1.29, 1.82) is 0 Å². The molecule has 0 saturated carbocycles. The first kappa shape index (κ1) is 25.1. The molecule has 0 spiro atoms. The topological polar surface area (TPSA) is 169 Å². The Labute approximate surface area is 197 Å². The van der Waals surface area contributed by atoms with Crippen LogP contribution in [0.5, 0.6) is 5.88 Å². The molecule has 0 amide bonds. The highest BCUT2D eigenvalue weighted by atomic mass is 32.2. The fraction of sp³-hybridized carbons (Fsp3) is 0.450. The number of hydrazone groups is 1. The summed E-state index contributed by atoms with van der Waals surface area (Å²) in [4.78, 5) is 20.9. The van der Waals surface area contributed by atoms with Crippen LogP contribution < -0.4 is 20.8 Å². The molecule has 3 rings (SSSR count). The number of methoxy groups -OCH3 is 1. The van der Waals surface area contributed by atoms with Gasteiger partial charge in [0.05, 0.1) is 29.5 Å². The number of non-ortho nitro benzene ring substituents is 1. The fourth-order valence-electron chi connectivity index (χ4n) is 3.69. The number of nitro groups is 1. The van der Waals surface area contributed by atoms with Crippen LogP contribution in [0.15, 0.2) is 28.2 Å². The number of nitrogens with one attached hydrogen (secondary N) is 1. The molecule has 2 aromatic rings. The summed E-state index contributed by atoms with van der Waals surface area (Å²) in [5.41, 5.74) is 8.76. The SMILES string of the molecule is CCN(CC)S(=O)(=O)c1cc([N+](=O)[O-])ccc1N/N=C/c1c(OC)nc(N)nc1N1CCCC1. The minimum Gasteiger partial charge on any atom is -0.480 e. The van der Waals surface area contributed by atoms with Gasteiger partial charge in [0.2, 0.25) is 21.9 Å². The monoisotopic (exact) mass is 492 g/mol. The van der Waals surface area contributed by atoms with Crippen molar-refractivity contribution < 1.29 is 18.1 Å². The maximum absolute atomic E-state index is 13.1. The zero-order valence-corrected chi connectivity index (χ0v) is 20.1. The lowest BCUT2D eigenvalue weighted by atomic mass is 10.3. The van der Waals surface area contributed by atoms with E-state index in [1.807, 2.05) is 4.90 Å². The normalized spacial score (nSPS) is 14.2. The summed E-state index contributed by atoms with van der Waals surface area (Å²) < 4.78 is 32.8. The Morgan fingerprint density at radius 2 is 1.97 bits per heavy atom. The Morgan fingerprint density at radius 1 is 1.29 bits per heavy atom. The number of aromatic nitrogens is 2. The van der Waals surface area contributed by atoms with Gasteiger partial charge in [-0.15, -0.1) is 0 Å². The molecule has 0 atom stereocenters. The van der Waals surface area contributed by atoms with Crippen LogP contribution in [0.4, 0.5) is 23.1 Å². The summed E-state index contributed by atoms with van der Waals surface area (Å²) in [6.07, 6.45) is 3.44. The number of rotatable bonds is 10. The van der Waals surface area contributed by atoms with Gasteiger partial charge in [0.1, 0.15) is 10.7 Å². The largest absolute Gasteiger partial charge is 0.480 e. The third-order valence-corrected chi connectivity index (χ3v) is 7.47. The van der Waals surface area contributed by atoms with Gasteiger partial charge in [-0.3, -0.25) is 15.5 Å². The lowest BCUT2D eigenvalue weighted by molar-refractivity contribution is -0.385. The average Bonchev–Trinajstić information content (AvgIpc) is 3.35. The summed E-state index contributed by atoms with van der Waals surface area (Å²) in [7, 11) is -2.55. The summed E-state index contributed by atoms with van der Waals surface area (Å²) in [6, 6.07) is 3.54. The van der Waals surface area contributed by atoms with Crippen molar-refractivity contribution in [1.82, 2.24) is 14.3 Å². The number of nitrogen functional groups attached to an aromatic ring is 1. The number of hydrogen-bond acceptors (Lipinski definition) is 11. The molecule has 1 aromatic heterocycles. The van der Waals surface area contributed by atoms with Crippen molar-refractivity contribution in [3.05, 3.63) is 33.9 Å². The summed E-state index contributed by atoms with van der Waals surface area (Å²) in [5, 5.41) is 15.5. The Balaban J connectivity index is 2.02. The van der Waals surface area contributed by atoms with Crippen molar-refractivity contribution >= 4 is 39.4 Å². The molecular weight excluding hydrogens is 464 g/mol. The number of nitrogens with zero attached hydrogens (tertiary/aromatic N) is 6. The molecule has 14 heteroatoms. The quantitative estimate of drug-likeness (QED) is 0.284. The molecule has 1 saturated heterocycles.